The molecule has 0 radical (unpaired) electrons. The van der Waals surface area contributed by atoms with Crippen molar-refractivity contribution in [2.45, 2.75) is 26.3 Å². The zero-order valence-corrected chi connectivity index (χ0v) is 11.4. The van der Waals surface area contributed by atoms with Gasteiger partial charge in [0.25, 0.3) is 5.91 Å². The van der Waals surface area contributed by atoms with Crippen LogP contribution in [0, 0.1) is 0 Å². The van der Waals surface area contributed by atoms with E-state index in [0.29, 0.717) is 12.4 Å². The number of nitrogens with zero attached hydrogens (tertiary/aromatic N) is 2. The first-order valence-corrected chi connectivity index (χ1v) is 6.16. The summed E-state index contributed by atoms with van der Waals surface area (Å²) in [5, 5.41) is 8.08. The molecular weight excluding hydrogens is 246 g/mol. The molecule has 0 aromatic carbocycles. The van der Waals surface area contributed by atoms with E-state index >= 15 is 0 Å². The summed E-state index contributed by atoms with van der Waals surface area (Å²) < 4.78 is 0. The second-order valence-corrected chi connectivity index (χ2v) is 4.03. The molecule has 2 amide bonds. The molecule has 1 aromatic heterocycles. The molecular formula is C12H19N5O2. The summed E-state index contributed by atoms with van der Waals surface area (Å²) in [6.07, 6.45) is 3.71. The van der Waals surface area contributed by atoms with Crippen molar-refractivity contribution < 1.29 is 9.59 Å². The fourth-order valence-corrected chi connectivity index (χ4v) is 1.33. The lowest BCUT2D eigenvalue weighted by Crippen LogP contribution is -2.45. The van der Waals surface area contributed by atoms with Crippen molar-refractivity contribution in [2.24, 2.45) is 0 Å². The molecule has 1 heterocycles. The van der Waals surface area contributed by atoms with Crippen LogP contribution in [0.5, 0.6) is 0 Å². The Morgan fingerprint density at radius 2 is 2.11 bits per heavy atom. The number of rotatable bonds is 6. The van der Waals surface area contributed by atoms with Gasteiger partial charge in [-0.05, 0) is 13.3 Å². The number of hydrogen-bond acceptors (Lipinski definition) is 5. The maximum Gasteiger partial charge on any atom is 0.272 e. The SMILES string of the molecule is CCCNC(=O)C(C)NC(=O)c1cncc(NC)n1. The predicted octanol–water partition coefficient (Wildman–Crippen LogP) is 0.163. The number of carbonyl (C=O) groups excluding carboxylic acids is 2. The lowest BCUT2D eigenvalue weighted by atomic mass is 10.3. The van der Waals surface area contributed by atoms with Crippen LogP contribution in [-0.4, -0.2) is 41.4 Å². The first kappa shape index (κ1) is 14.9. The quantitative estimate of drug-likeness (QED) is 0.681. The standard InChI is InChI=1S/C12H19N5O2/c1-4-5-15-11(18)8(2)16-12(19)9-6-14-7-10(13-3)17-9/h6-8H,4-5H2,1-3H3,(H,13,17)(H,15,18)(H,16,19). The van der Waals surface area contributed by atoms with E-state index in [-0.39, 0.29) is 11.6 Å². The molecule has 1 unspecified atom stereocenters. The van der Waals surface area contributed by atoms with Gasteiger partial charge in [0.2, 0.25) is 5.91 Å². The van der Waals surface area contributed by atoms with Crippen molar-refractivity contribution in [3.8, 4) is 0 Å². The van der Waals surface area contributed by atoms with Crippen LogP contribution in [0.2, 0.25) is 0 Å². The summed E-state index contributed by atoms with van der Waals surface area (Å²) in [6, 6.07) is -0.612. The molecule has 7 heteroatoms. The van der Waals surface area contributed by atoms with Crippen LogP contribution in [-0.2, 0) is 4.79 Å². The first-order chi connectivity index (χ1) is 9.08. The summed E-state index contributed by atoms with van der Waals surface area (Å²) >= 11 is 0. The van der Waals surface area contributed by atoms with Gasteiger partial charge in [-0.15, -0.1) is 0 Å². The lowest BCUT2D eigenvalue weighted by Gasteiger charge is -2.13. The van der Waals surface area contributed by atoms with Crippen molar-refractivity contribution >= 4 is 17.6 Å². The van der Waals surface area contributed by atoms with Crippen molar-refractivity contribution in [1.29, 1.82) is 0 Å². The maximum atomic E-state index is 11.9. The molecule has 1 atom stereocenters. The molecule has 1 rings (SSSR count). The fourth-order valence-electron chi connectivity index (χ4n) is 1.33. The number of amides is 2. The van der Waals surface area contributed by atoms with E-state index in [1.807, 2.05) is 6.92 Å². The Morgan fingerprint density at radius 1 is 1.37 bits per heavy atom. The Labute approximate surface area is 112 Å². The molecule has 0 spiro atoms. The van der Waals surface area contributed by atoms with E-state index in [1.165, 1.54) is 12.4 Å². The number of hydrogen-bond donors (Lipinski definition) is 3. The molecule has 3 N–H and O–H groups in total. The van der Waals surface area contributed by atoms with Gasteiger partial charge < -0.3 is 16.0 Å². The number of anilines is 1. The third kappa shape index (κ3) is 4.53. The highest BCUT2D eigenvalue weighted by atomic mass is 16.2. The highest BCUT2D eigenvalue weighted by Crippen LogP contribution is 2.01. The Hall–Kier alpha value is -2.18. The van der Waals surface area contributed by atoms with E-state index in [9.17, 15) is 9.59 Å². The number of carbonyl (C=O) groups is 2. The van der Waals surface area contributed by atoms with Gasteiger partial charge in [0.1, 0.15) is 17.6 Å². The van der Waals surface area contributed by atoms with E-state index in [0.717, 1.165) is 6.42 Å². The van der Waals surface area contributed by atoms with E-state index < -0.39 is 11.9 Å². The fraction of sp³-hybridized carbons (Fsp3) is 0.500. The molecule has 0 fully saturated rings. The molecule has 1 aromatic rings. The molecule has 0 aliphatic heterocycles. The zero-order valence-electron chi connectivity index (χ0n) is 11.4. The minimum Gasteiger partial charge on any atom is -0.372 e. The minimum absolute atomic E-state index is 0.169. The monoisotopic (exact) mass is 265 g/mol. The highest BCUT2D eigenvalue weighted by molar-refractivity contribution is 5.95. The molecule has 0 aliphatic rings. The summed E-state index contributed by atoms with van der Waals surface area (Å²) in [6.45, 7) is 4.18. The summed E-state index contributed by atoms with van der Waals surface area (Å²) in [4.78, 5) is 31.4. The van der Waals surface area contributed by atoms with Crippen LogP contribution >= 0.6 is 0 Å². The molecule has 0 saturated heterocycles. The normalized spacial score (nSPS) is 11.5. The molecule has 0 aliphatic carbocycles. The largest absolute Gasteiger partial charge is 0.372 e. The highest BCUT2D eigenvalue weighted by Gasteiger charge is 2.17. The Kier molecular flexibility index (Phi) is 5.72. The number of aromatic nitrogens is 2. The topological polar surface area (TPSA) is 96.0 Å². The van der Waals surface area contributed by atoms with Gasteiger partial charge >= 0.3 is 0 Å². The summed E-state index contributed by atoms with van der Waals surface area (Å²) in [7, 11) is 1.69. The van der Waals surface area contributed by atoms with Gasteiger partial charge in [-0.2, -0.15) is 0 Å². The van der Waals surface area contributed by atoms with Gasteiger partial charge in [0.05, 0.1) is 12.4 Å². The first-order valence-electron chi connectivity index (χ1n) is 6.16. The molecule has 19 heavy (non-hydrogen) atoms. The third-order valence-electron chi connectivity index (χ3n) is 2.41. The average molecular weight is 265 g/mol. The van der Waals surface area contributed by atoms with Gasteiger partial charge in [-0.1, -0.05) is 6.92 Å². The van der Waals surface area contributed by atoms with E-state index in [4.69, 9.17) is 0 Å². The lowest BCUT2D eigenvalue weighted by molar-refractivity contribution is -0.122. The van der Waals surface area contributed by atoms with E-state index in [1.54, 1.807) is 14.0 Å². The Morgan fingerprint density at radius 3 is 2.74 bits per heavy atom. The van der Waals surface area contributed by atoms with Crippen molar-refractivity contribution in [1.82, 2.24) is 20.6 Å². The Bertz CT molecular complexity index is 450. The molecule has 0 saturated carbocycles. The Balaban J connectivity index is 2.60. The van der Waals surface area contributed by atoms with Crippen LogP contribution < -0.4 is 16.0 Å². The second kappa shape index (κ2) is 7.30. The molecule has 0 bridgehead atoms. The molecule has 104 valence electrons. The summed E-state index contributed by atoms with van der Waals surface area (Å²) in [5.41, 5.74) is 0.169. The van der Waals surface area contributed by atoms with Crippen molar-refractivity contribution in [3.63, 3.8) is 0 Å². The third-order valence-corrected chi connectivity index (χ3v) is 2.41. The predicted molar refractivity (Wildman–Crippen MR) is 71.8 cm³/mol. The summed E-state index contributed by atoms with van der Waals surface area (Å²) in [5.74, 6) is -0.146. The van der Waals surface area contributed by atoms with Gasteiger partial charge in [0, 0.05) is 13.6 Å². The zero-order chi connectivity index (χ0) is 14.3. The van der Waals surface area contributed by atoms with Gasteiger partial charge in [-0.25, -0.2) is 4.98 Å². The van der Waals surface area contributed by atoms with Crippen molar-refractivity contribution in [3.05, 3.63) is 18.1 Å². The smallest absolute Gasteiger partial charge is 0.272 e. The van der Waals surface area contributed by atoms with Crippen molar-refractivity contribution in [2.75, 3.05) is 18.9 Å². The maximum absolute atomic E-state index is 11.9. The second-order valence-electron chi connectivity index (χ2n) is 4.03. The van der Waals surface area contributed by atoms with Crippen LogP contribution in [0.25, 0.3) is 0 Å². The number of nitrogens with one attached hydrogen (secondary N) is 3. The van der Waals surface area contributed by atoms with Crippen LogP contribution in [0.1, 0.15) is 30.8 Å². The average Bonchev–Trinajstić information content (AvgIpc) is 2.44. The van der Waals surface area contributed by atoms with Crippen LogP contribution in [0.15, 0.2) is 12.4 Å². The van der Waals surface area contributed by atoms with E-state index in [2.05, 4.69) is 25.9 Å². The van der Waals surface area contributed by atoms with Crippen LogP contribution in [0.4, 0.5) is 5.82 Å². The van der Waals surface area contributed by atoms with Gasteiger partial charge in [-0.3, -0.25) is 14.6 Å². The van der Waals surface area contributed by atoms with Crippen LogP contribution in [0.3, 0.4) is 0 Å². The molecule has 7 nitrogen and oxygen atoms in total. The minimum atomic E-state index is -0.612. The van der Waals surface area contributed by atoms with Gasteiger partial charge in [0.15, 0.2) is 0 Å².